The molecule has 0 aromatic heterocycles. The number of amides is 1. The van der Waals surface area contributed by atoms with Crippen molar-refractivity contribution in [3.8, 4) is 0 Å². The van der Waals surface area contributed by atoms with Gasteiger partial charge in [-0.25, -0.2) is 4.39 Å². The molecule has 4 nitrogen and oxygen atoms in total. The van der Waals surface area contributed by atoms with Crippen LogP contribution in [0.4, 0.5) is 4.39 Å². The molecule has 214 valence electrons. The zero-order valence-electron chi connectivity index (χ0n) is 24.4. The topological polar surface area (TPSA) is 49.4 Å². The van der Waals surface area contributed by atoms with Gasteiger partial charge in [0.1, 0.15) is 13.7 Å². The monoisotopic (exact) mass is 568 g/mol. The molecule has 6 heteroatoms. The molecule has 0 saturated carbocycles. The Morgan fingerprint density at radius 2 is 1.81 bits per heavy atom. The maximum atomic E-state index is 14.5. The van der Waals surface area contributed by atoms with Crippen LogP contribution in [0.25, 0.3) is 16.3 Å². The van der Waals surface area contributed by atoms with E-state index in [2.05, 4.69) is 70.9 Å². The Hall–Kier alpha value is -4.29. The fraction of sp³-hybridized carbons (Fsp3) is 0.243. The minimum absolute atomic E-state index is 0.0538. The highest BCUT2D eigenvalue weighted by Crippen LogP contribution is 2.47. The summed E-state index contributed by atoms with van der Waals surface area (Å²) in [6.45, 7) is 1.51. The van der Waals surface area contributed by atoms with Crippen molar-refractivity contribution in [2.24, 2.45) is 17.8 Å². The Morgan fingerprint density at radius 1 is 0.977 bits per heavy atom. The van der Waals surface area contributed by atoms with Crippen molar-refractivity contribution in [2.45, 2.75) is 25.8 Å². The molecular weight excluding hydrogens is 534 g/mol. The summed E-state index contributed by atoms with van der Waals surface area (Å²) in [5.41, 5.74) is 6.88. The summed E-state index contributed by atoms with van der Waals surface area (Å²) < 4.78 is 14.5. The van der Waals surface area contributed by atoms with Crippen molar-refractivity contribution in [3.63, 3.8) is 0 Å². The van der Waals surface area contributed by atoms with E-state index in [1.54, 1.807) is 18.2 Å². The summed E-state index contributed by atoms with van der Waals surface area (Å²) >= 11 is 0. The first-order valence-electron chi connectivity index (χ1n) is 15.2. The second kappa shape index (κ2) is 11.4. The third kappa shape index (κ3) is 5.25. The highest BCUT2D eigenvalue weighted by Gasteiger charge is 2.35. The molecule has 1 heterocycles. The number of halogens is 1. The number of nitrogens with one attached hydrogen (secondary N) is 1. The van der Waals surface area contributed by atoms with E-state index in [4.69, 9.17) is 0 Å². The summed E-state index contributed by atoms with van der Waals surface area (Å²) in [7, 11) is 1.95. The molecule has 1 amide bonds. The van der Waals surface area contributed by atoms with Gasteiger partial charge in [-0.1, -0.05) is 78.9 Å². The van der Waals surface area contributed by atoms with Crippen LogP contribution in [0.15, 0.2) is 114 Å². The standard InChI is InChI=1S/C37H34BFN2O2/c38-27-17-18-33(31(19-27)37(43)30-11-5-6-12-32(30)39)40-34(42)22-41-20-25-15-13-23-7-1-3-9-28(23)35(25)36-26(21-41)16-14-24-8-2-4-10-29(24)36/h1-3,5-9,11-18,24,29,31H,4,10,19-22,38H2,(H,40,42). The molecule has 0 bridgehead atoms. The Balaban J connectivity index is 1.18. The summed E-state index contributed by atoms with van der Waals surface area (Å²) in [5.74, 6) is -0.833. The Labute approximate surface area is 252 Å². The molecule has 7 rings (SSSR count). The number of ketones is 1. The largest absolute Gasteiger partial charge is 0.328 e. The zero-order chi connectivity index (χ0) is 29.5. The van der Waals surface area contributed by atoms with E-state index >= 15 is 0 Å². The van der Waals surface area contributed by atoms with Crippen LogP contribution in [-0.2, 0) is 11.3 Å². The molecule has 3 aliphatic carbocycles. The number of benzene rings is 3. The summed E-state index contributed by atoms with van der Waals surface area (Å²) in [4.78, 5) is 29.2. The number of nitrogens with zero attached hydrogens (tertiary/aromatic N) is 1. The molecule has 0 spiro atoms. The van der Waals surface area contributed by atoms with Crippen LogP contribution in [0.2, 0.25) is 0 Å². The smallest absolute Gasteiger partial charge is 0.238 e. The Kier molecular flexibility index (Phi) is 7.32. The lowest BCUT2D eigenvalue weighted by molar-refractivity contribution is -0.121. The van der Waals surface area contributed by atoms with E-state index in [1.807, 2.05) is 13.9 Å². The van der Waals surface area contributed by atoms with Gasteiger partial charge in [0.15, 0.2) is 5.78 Å². The van der Waals surface area contributed by atoms with Gasteiger partial charge < -0.3 is 5.32 Å². The van der Waals surface area contributed by atoms with Crippen LogP contribution >= 0.6 is 0 Å². The summed E-state index contributed by atoms with van der Waals surface area (Å²) in [6.07, 6.45) is 15.6. The molecule has 0 saturated heterocycles. The number of carbonyl (C=O) groups excluding carboxylic acids is 2. The molecule has 43 heavy (non-hydrogen) atoms. The fourth-order valence-electron chi connectivity index (χ4n) is 7.31. The molecule has 3 unspecified atom stereocenters. The molecule has 4 aliphatic rings. The number of rotatable bonds is 5. The minimum Gasteiger partial charge on any atom is -0.328 e. The average molecular weight is 569 g/mol. The van der Waals surface area contributed by atoms with Gasteiger partial charge >= 0.3 is 0 Å². The van der Waals surface area contributed by atoms with Gasteiger partial charge in [0, 0.05) is 24.7 Å². The molecule has 3 atom stereocenters. The normalized spacial score (nSPS) is 23.0. The molecule has 0 fully saturated rings. The van der Waals surface area contributed by atoms with Gasteiger partial charge in [-0.05, 0) is 76.4 Å². The predicted molar refractivity (Wildman–Crippen MR) is 172 cm³/mol. The first-order valence-corrected chi connectivity index (χ1v) is 15.2. The van der Waals surface area contributed by atoms with Crippen molar-refractivity contribution in [1.29, 1.82) is 0 Å². The SMILES string of the molecule is BC1=CC=C(NC(=O)CN2CC3=C(c4c(ccc5ccccc45)C2)C2CCC=CC2C=C3)C(C(=O)c2ccccc2F)C1. The van der Waals surface area contributed by atoms with Crippen molar-refractivity contribution in [1.82, 2.24) is 10.2 Å². The van der Waals surface area contributed by atoms with Gasteiger partial charge in [0.05, 0.1) is 18.0 Å². The highest BCUT2D eigenvalue weighted by molar-refractivity contribution is 6.22. The molecule has 3 aromatic carbocycles. The number of carbonyl (C=O) groups is 2. The van der Waals surface area contributed by atoms with Crippen molar-refractivity contribution >= 4 is 35.9 Å². The lowest BCUT2D eigenvalue weighted by Crippen LogP contribution is -2.40. The van der Waals surface area contributed by atoms with E-state index in [-0.39, 0.29) is 23.8 Å². The van der Waals surface area contributed by atoms with E-state index in [0.717, 1.165) is 18.3 Å². The maximum absolute atomic E-state index is 14.5. The third-order valence-electron chi connectivity index (χ3n) is 9.33. The van der Waals surface area contributed by atoms with Gasteiger partial charge in [-0.3, -0.25) is 14.5 Å². The van der Waals surface area contributed by atoms with Gasteiger partial charge in [0.2, 0.25) is 5.91 Å². The van der Waals surface area contributed by atoms with E-state index in [1.165, 1.54) is 45.2 Å². The number of fused-ring (bicyclic) bond motifs is 6. The second-order valence-electron chi connectivity index (χ2n) is 12.2. The number of hydrogen-bond donors (Lipinski definition) is 1. The lowest BCUT2D eigenvalue weighted by Gasteiger charge is -2.34. The third-order valence-corrected chi connectivity index (χ3v) is 9.33. The number of Topliss-reactive ketones (excluding diaryl/α,β-unsaturated/α-hetero) is 1. The highest BCUT2D eigenvalue weighted by atomic mass is 19.1. The fourth-order valence-corrected chi connectivity index (χ4v) is 7.31. The maximum Gasteiger partial charge on any atom is 0.238 e. The lowest BCUT2D eigenvalue weighted by atomic mass is 9.71. The molecule has 1 aliphatic heterocycles. The van der Waals surface area contributed by atoms with Gasteiger partial charge in [-0.15, -0.1) is 5.47 Å². The van der Waals surface area contributed by atoms with E-state index in [9.17, 15) is 14.0 Å². The predicted octanol–water partition coefficient (Wildman–Crippen LogP) is 6.12. The van der Waals surface area contributed by atoms with Crippen LogP contribution in [-0.4, -0.2) is 37.5 Å². The molecular formula is C37H34BFN2O2. The van der Waals surface area contributed by atoms with Crippen LogP contribution in [0.5, 0.6) is 0 Å². The van der Waals surface area contributed by atoms with Crippen LogP contribution < -0.4 is 5.32 Å². The van der Waals surface area contributed by atoms with Crippen molar-refractivity contribution in [2.75, 3.05) is 13.1 Å². The van der Waals surface area contributed by atoms with E-state index in [0.29, 0.717) is 37.0 Å². The number of allylic oxidation sites excluding steroid dienone is 8. The average Bonchev–Trinajstić information content (AvgIpc) is 3.18. The molecule has 1 N–H and O–H groups in total. The molecule has 3 aromatic rings. The second-order valence-corrected chi connectivity index (χ2v) is 12.2. The van der Waals surface area contributed by atoms with Gasteiger partial charge in [0.25, 0.3) is 0 Å². The van der Waals surface area contributed by atoms with Crippen molar-refractivity contribution < 1.29 is 14.0 Å². The Morgan fingerprint density at radius 3 is 2.70 bits per heavy atom. The zero-order valence-corrected chi connectivity index (χ0v) is 24.4. The quantitative estimate of drug-likeness (QED) is 0.229. The van der Waals surface area contributed by atoms with Crippen LogP contribution in [0, 0.1) is 23.6 Å². The number of hydrogen-bond acceptors (Lipinski definition) is 3. The minimum atomic E-state index is -0.631. The summed E-state index contributed by atoms with van der Waals surface area (Å²) in [6, 6.07) is 19.1. The molecule has 0 radical (unpaired) electrons. The Bertz CT molecular complexity index is 1800. The van der Waals surface area contributed by atoms with E-state index < -0.39 is 11.7 Å². The first-order chi connectivity index (χ1) is 21.0. The summed E-state index contributed by atoms with van der Waals surface area (Å²) in [5, 5.41) is 5.55. The first kappa shape index (κ1) is 27.5. The van der Waals surface area contributed by atoms with Gasteiger partial charge in [-0.2, -0.15) is 0 Å². The van der Waals surface area contributed by atoms with Crippen LogP contribution in [0.1, 0.15) is 40.7 Å². The van der Waals surface area contributed by atoms with Crippen LogP contribution in [0.3, 0.4) is 0 Å². The van der Waals surface area contributed by atoms with Crippen molar-refractivity contribution in [3.05, 3.63) is 136 Å².